The maximum Gasteiger partial charge on any atom is 0.356 e. The van der Waals surface area contributed by atoms with Crippen LogP contribution in [0.3, 0.4) is 0 Å². The molecule has 18 heavy (non-hydrogen) atoms. The largest absolute Gasteiger partial charge is 0.461 e. The lowest BCUT2D eigenvalue weighted by atomic mass is 10.3. The van der Waals surface area contributed by atoms with Crippen LogP contribution < -0.4 is 5.73 Å². The summed E-state index contributed by atoms with van der Waals surface area (Å²) in [6.07, 6.45) is 3.25. The molecule has 0 spiro atoms. The van der Waals surface area contributed by atoms with E-state index in [1.165, 1.54) is 0 Å². The summed E-state index contributed by atoms with van der Waals surface area (Å²) < 4.78 is 9.65. The average molecular weight is 278 g/mol. The Balaban J connectivity index is 4.30. The van der Waals surface area contributed by atoms with Crippen LogP contribution in [0.4, 0.5) is 0 Å². The van der Waals surface area contributed by atoms with E-state index in [2.05, 4.69) is 0 Å². The maximum atomic E-state index is 11.4. The van der Waals surface area contributed by atoms with Crippen LogP contribution in [0.15, 0.2) is 10.7 Å². The highest BCUT2D eigenvalue weighted by Crippen LogP contribution is 2.10. The first-order valence-electron chi connectivity index (χ1n) is 6.04. The van der Waals surface area contributed by atoms with Crippen LogP contribution in [0.5, 0.6) is 0 Å². The summed E-state index contributed by atoms with van der Waals surface area (Å²) in [5.41, 5.74) is 5.01. The second-order valence-corrected chi connectivity index (χ2v) is 4.08. The minimum atomic E-state index is -0.796. The van der Waals surface area contributed by atoms with E-state index in [4.69, 9.17) is 26.8 Å². The van der Waals surface area contributed by atoms with Crippen molar-refractivity contribution < 1.29 is 19.1 Å². The molecule has 0 amide bonds. The van der Waals surface area contributed by atoms with Crippen molar-refractivity contribution in [3.63, 3.8) is 0 Å². The van der Waals surface area contributed by atoms with E-state index in [1.807, 2.05) is 13.8 Å². The van der Waals surface area contributed by atoms with Gasteiger partial charge in [-0.1, -0.05) is 38.3 Å². The molecule has 0 radical (unpaired) electrons. The summed E-state index contributed by atoms with van der Waals surface area (Å²) >= 11 is 5.65. The Hall–Kier alpha value is -1.23. The van der Waals surface area contributed by atoms with E-state index < -0.39 is 22.7 Å². The summed E-state index contributed by atoms with van der Waals surface area (Å²) in [5.74, 6) is -1.59. The minimum absolute atomic E-state index is 0.254. The number of ether oxygens (including phenoxy) is 2. The minimum Gasteiger partial charge on any atom is -0.461 e. The number of halogens is 1. The first-order valence-corrected chi connectivity index (χ1v) is 6.41. The Morgan fingerprint density at radius 3 is 1.89 bits per heavy atom. The molecule has 0 rings (SSSR count). The first-order chi connectivity index (χ1) is 8.54. The highest BCUT2D eigenvalue weighted by Gasteiger charge is 2.19. The lowest BCUT2D eigenvalue weighted by Crippen LogP contribution is -2.20. The van der Waals surface area contributed by atoms with Crippen LogP contribution >= 0.6 is 11.6 Å². The van der Waals surface area contributed by atoms with E-state index in [-0.39, 0.29) is 13.2 Å². The standard InChI is InChI=1S/C12H20ClNO4/c1-3-5-7-17-11(15)9(13)10(14)12(16)18-8-6-4-2/h3-8,14H2,1-2H3. The summed E-state index contributed by atoms with van der Waals surface area (Å²) in [4.78, 5) is 22.8. The second kappa shape index (κ2) is 9.76. The molecule has 0 atom stereocenters. The number of esters is 2. The van der Waals surface area contributed by atoms with Crippen molar-refractivity contribution in [2.45, 2.75) is 39.5 Å². The predicted octanol–water partition coefficient (Wildman–Crippen LogP) is 2.08. The molecule has 6 heteroatoms. The molecule has 0 saturated carbocycles. The molecule has 0 aliphatic rings. The van der Waals surface area contributed by atoms with Crippen molar-refractivity contribution in [1.29, 1.82) is 0 Å². The normalized spacial score (nSPS) is 11.7. The van der Waals surface area contributed by atoms with Crippen LogP contribution in [0.2, 0.25) is 0 Å². The Morgan fingerprint density at radius 1 is 1.00 bits per heavy atom. The molecule has 0 unspecified atom stereocenters. The van der Waals surface area contributed by atoms with Gasteiger partial charge in [0.05, 0.1) is 13.2 Å². The third kappa shape index (κ3) is 6.49. The van der Waals surface area contributed by atoms with Gasteiger partial charge in [0.1, 0.15) is 5.70 Å². The molecule has 0 saturated heterocycles. The Bertz CT molecular complexity index is 285. The highest BCUT2D eigenvalue weighted by molar-refractivity contribution is 6.43. The van der Waals surface area contributed by atoms with Gasteiger partial charge >= 0.3 is 11.9 Å². The van der Waals surface area contributed by atoms with Gasteiger partial charge < -0.3 is 15.2 Å². The zero-order valence-electron chi connectivity index (χ0n) is 10.8. The Morgan fingerprint density at radius 2 is 1.44 bits per heavy atom. The zero-order valence-corrected chi connectivity index (χ0v) is 11.6. The first kappa shape index (κ1) is 16.8. The summed E-state index contributed by atoms with van der Waals surface area (Å²) in [6, 6.07) is 0. The van der Waals surface area contributed by atoms with E-state index in [0.29, 0.717) is 0 Å². The Labute approximate surface area is 112 Å². The fraction of sp³-hybridized carbons (Fsp3) is 0.667. The molecular weight excluding hydrogens is 258 g/mol. The third-order valence-electron chi connectivity index (χ3n) is 2.10. The molecule has 0 aliphatic carbocycles. The van der Waals surface area contributed by atoms with Crippen molar-refractivity contribution in [3.8, 4) is 0 Å². The predicted molar refractivity (Wildman–Crippen MR) is 68.8 cm³/mol. The van der Waals surface area contributed by atoms with Gasteiger partial charge in [-0.05, 0) is 12.8 Å². The van der Waals surface area contributed by atoms with Gasteiger partial charge in [0.25, 0.3) is 0 Å². The summed E-state index contributed by atoms with van der Waals surface area (Å²) in [6.45, 7) is 4.44. The van der Waals surface area contributed by atoms with Gasteiger partial charge in [0.2, 0.25) is 0 Å². The number of hydrogen-bond donors (Lipinski definition) is 1. The molecule has 104 valence electrons. The fourth-order valence-corrected chi connectivity index (χ4v) is 1.09. The zero-order chi connectivity index (χ0) is 14.0. The molecule has 0 aromatic heterocycles. The summed E-state index contributed by atoms with van der Waals surface area (Å²) in [5, 5.41) is -0.424. The molecular formula is C12H20ClNO4. The second-order valence-electron chi connectivity index (χ2n) is 3.71. The van der Waals surface area contributed by atoms with Gasteiger partial charge in [-0.25, -0.2) is 9.59 Å². The molecule has 0 aliphatic heterocycles. The number of carbonyl (C=O) groups excluding carboxylic acids is 2. The number of carbonyl (C=O) groups is 2. The molecule has 0 fully saturated rings. The third-order valence-corrected chi connectivity index (χ3v) is 2.46. The van der Waals surface area contributed by atoms with E-state index in [1.54, 1.807) is 0 Å². The van der Waals surface area contributed by atoms with Crippen molar-refractivity contribution in [2.24, 2.45) is 5.73 Å². The number of rotatable bonds is 8. The molecule has 0 aromatic rings. The number of nitrogens with two attached hydrogens (primary N) is 1. The van der Waals surface area contributed by atoms with Crippen LogP contribution in [0.1, 0.15) is 39.5 Å². The lowest BCUT2D eigenvalue weighted by molar-refractivity contribution is -0.142. The smallest absolute Gasteiger partial charge is 0.356 e. The average Bonchev–Trinajstić information content (AvgIpc) is 2.37. The van der Waals surface area contributed by atoms with E-state index >= 15 is 0 Å². The molecule has 2 N–H and O–H groups in total. The van der Waals surface area contributed by atoms with Crippen molar-refractivity contribution in [2.75, 3.05) is 13.2 Å². The van der Waals surface area contributed by atoms with Crippen LogP contribution in [-0.2, 0) is 19.1 Å². The van der Waals surface area contributed by atoms with E-state index in [9.17, 15) is 9.59 Å². The van der Waals surface area contributed by atoms with Crippen molar-refractivity contribution >= 4 is 23.5 Å². The number of hydrogen-bond acceptors (Lipinski definition) is 5. The van der Waals surface area contributed by atoms with Gasteiger partial charge in [-0.15, -0.1) is 0 Å². The summed E-state index contributed by atoms with van der Waals surface area (Å²) in [7, 11) is 0. The quantitative estimate of drug-likeness (QED) is 0.417. The number of unbranched alkanes of at least 4 members (excludes halogenated alkanes) is 2. The van der Waals surface area contributed by atoms with Gasteiger partial charge in [0.15, 0.2) is 5.03 Å². The van der Waals surface area contributed by atoms with Crippen LogP contribution in [0.25, 0.3) is 0 Å². The molecule has 0 aromatic carbocycles. The van der Waals surface area contributed by atoms with E-state index in [0.717, 1.165) is 25.7 Å². The van der Waals surface area contributed by atoms with Crippen molar-refractivity contribution in [1.82, 2.24) is 0 Å². The Kier molecular flexibility index (Phi) is 9.10. The monoisotopic (exact) mass is 277 g/mol. The van der Waals surface area contributed by atoms with Crippen LogP contribution in [-0.4, -0.2) is 25.2 Å². The topological polar surface area (TPSA) is 78.6 Å². The molecule has 0 heterocycles. The maximum absolute atomic E-state index is 11.4. The van der Waals surface area contributed by atoms with Gasteiger partial charge in [0, 0.05) is 0 Å². The molecule has 5 nitrogen and oxygen atoms in total. The van der Waals surface area contributed by atoms with Crippen molar-refractivity contribution in [3.05, 3.63) is 10.7 Å². The van der Waals surface area contributed by atoms with Crippen LogP contribution in [0, 0.1) is 0 Å². The lowest BCUT2D eigenvalue weighted by Gasteiger charge is -2.06. The fourth-order valence-electron chi connectivity index (χ4n) is 0.959. The van der Waals surface area contributed by atoms with Gasteiger partial charge in [-0.2, -0.15) is 0 Å². The molecule has 0 bridgehead atoms. The van der Waals surface area contributed by atoms with Gasteiger partial charge in [-0.3, -0.25) is 0 Å². The SMILES string of the molecule is CCCCOC(=O)C(N)=C(Cl)C(=O)OCCCC. The highest BCUT2D eigenvalue weighted by atomic mass is 35.5.